The van der Waals surface area contributed by atoms with Gasteiger partial charge in [-0.05, 0) is 18.2 Å². The maximum absolute atomic E-state index is 5.84. The van der Waals surface area contributed by atoms with Crippen LogP contribution in [0.5, 0.6) is 0 Å². The highest BCUT2D eigenvalue weighted by molar-refractivity contribution is 9.10. The summed E-state index contributed by atoms with van der Waals surface area (Å²) in [5, 5.41) is 1.64. The van der Waals surface area contributed by atoms with Crippen LogP contribution in [0.2, 0.25) is 5.02 Å². The maximum atomic E-state index is 5.84. The third-order valence-corrected chi connectivity index (χ3v) is 2.32. The number of H-pyrrole nitrogens is 1. The van der Waals surface area contributed by atoms with Gasteiger partial charge in [-0.25, -0.2) is 0 Å². The summed E-state index contributed by atoms with van der Waals surface area (Å²) >= 11 is 9.20. The average molecular weight is 229 g/mol. The van der Waals surface area contributed by atoms with Gasteiger partial charge in [0.05, 0.1) is 11.2 Å². The first-order valence-electron chi connectivity index (χ1n) is 3.12. The Kier molecular flexibility index (Phi) is 1.66. The van der Waals surface area contributed by atoms with Gasteiger partial charge < -0.3 is 4.98 Å². The molecule has 1 nitrogen and oxygen atoms in total. The first-order valence-corrected chi connectivity index (χ1v) is 4.29. The summed E-state index contributed by atoms with van der Waals surface area (Å²) in [6.07, 6.45) is 2.82. The minimum Gasteiger partial charge on any atom is -0.352 e. The van der Waals surface area contributed by atoms with Crippen LogP contribution in [0.25, 0.3) is 10.9 Å². The van der Waals surface area contributed by atoms with Gasteiger partial charge in [-0.3, -0.25) is 0 Å². The molecule has 1 heterocycles. The average Bonchev–Trinajstić information content (AvgIpc) is 2.33. The molecule has 0 atom stereocenters. The van der Waals surface area contributed by atoms with Crippen LogP contribution >= 0.6 is 27.5 Å². The molecule has 1 N–H and O–H groups in total. The molecule has 0 saturated heterocycles. The molecular formula is C8H4BrClN. The van der Waals surface area contributed by atoms with Crippen molar-refractivity contribution >= 4 is 38.4 Å². The number of fused-ring (bicyclic) bond motifs is 1. The van der Waals surface area contributed by atoms with Crippen LogP contribution in [0.3, 0.4) is 0 Å². The number of benzene rings is 1. The summed E-state index contributed by atoms with van der Waals surface area (Å²) in [5.41, 5.74) is 1.01. The van der Waals surface area contributed by atoms with E-state index in [0.717, 1.165) is 15.4 Å². The molecule has 55 valence electrons. The maximum Gasteiger partial charge on any atom is 0.0835 e. The summed E-state index contributed by atoms with van der Waals surface area (Å²) < 4.78 is 1.03. The second-order valence-corrected chi connectivity index (χ2v) is 3.55. The van der Waals surface area contributed by atoms with Gasteiger partial charge in [0.2, 0.25) is 0 Å². The van der Waals surface area contributed by atoms with Crippen LogP contribution in [0.4, 0.5) is 0 Å². The second-order valence-electron chi connectivity index (χ2n) is 2.25. The molecule has 1 aromatic carbocycles. The predicted molar refractivity (Wildman–Crippen MR) is 49.8 cm³/mol. The molecule has 0 aliphatic heterocycles. The number of aromatic nitrogens is 1. The van der Waals surface area contributed by atoms with Gasteiger partial charge in [-0.1, -0.05) is 27.5 Å². The second kappa shape index (κ2) is 2.54. The number of aromatic amines is 1. The Morgan fingerprint density at radius 3 is 3.09 bits per heavy atom. The number of hydrogen-bond donors (Lipinski definition) is 1. The fraction of sp³-hybridized carbons (Fsp3) is 0. The molecule has 2 rings (SSSR count). The number of hydrogen-bond acceptors (Lipinski definition) is 0. The predicted octanol–water partition coefficient (Wildman–Crippen LogP) is 3.38. The zero-order chi connectivity index (χ0) is 7.84. The first-order chi connectivity index (χ1) is 5.27. The van der Waals surface area contributed by atoms with Crippen LogP contribution in [-0.4, -0.2) is 4.98 Å². The summed E-state index contributed by atoms with van der Waals surface area (Å²) in [7, 11) is 0. The fourth-order valence-electron chi connectivity index (χ4n) is 0.997. The van der Waals surface area contributed by atoms with E-state index in [-0.39, 0.29) is 0 Å². The SMILES string of the molecule is Clc1[c][nH]c2ccc(Br)cc12. The molecule has 1 aromatic heterocycles. The minimum atomic E-state index is 0.640. The lowest BCUT2D eigenvalue weighted by molar-refractivity contribution is 1.46. The Labute approximate surface area is 77.5 Å². The molecule has 1 radical (unpaired) electrons. The van der Waals surface area contributed by atoms with E-state index < -0.39 is 0 Å². The van der Waals surface area contributed by atoms with Crippen molar-refractivity contribution < 1.29 is 0 Å². The number of rotatable bonds is 0. The zero-order valence-electron chi connectivity index (χ0n) is 5.49. The molecule has 0 bridgehead atoms. The molecular weight excluding hydrogens is 225 g/mol. The van der Waals surface area contributed by atoms with E-state index in [2.05, 4.69) is 27.1 Å². The largest absolute Gasteiger partial charge is 0.352 e. The van der Waals surface area contributed by atoms with Crippen LogP contribution in [0.1, 0.15) is 0 Å². The van der Waals surface area contributed by atoms with Gasteiger partial charge in [0, 0.05) is 15.4 Å². The molecule has 11 heavy (non-hydrogen) atoms. The van der Waals surface area contributed by atoms with Gasteiger partial charge in [-0.2, -0.15) is 0 Å². The Hall–Kier alpha value is -0.470. The van der Waals surface area contributed by atoms with E-state index in [9.17, 15) is 0 Å². The third-order valence-electron chi connectivity index (χ3n) is 1.52. The lowest BCUT2D eigenvalue weighted by atomic mass is 10.2. The van der Waals surface area contributed by atoms with Crippen LogP contribution < -0.4 is 0 Å². The van der Waals surface area contributed by atoms with Crippen molar-refractivity contribution in [2.45, 2.75) is 0 Å². The Bertz CT molecular complexity index is 394. The van der Waals surface area contributed by atoms with Gasteiger partial charge in [0.1, 0.15) is 0 Å². The highest BCUT2D eigenvalue weighted by Crippen LogP contribution is 2.25. The Morgan fingerprint density at radius 1 is 1.45 bits per heavy atom. The van der Waals surface area contributed by atoms with Gasteiger partial charge in [0.15, 0.2) is 0 Å². The molecule has 0 fully saturated rings. The van der Waals surface area contributed by atoms with E-state index in [1.54, 1.807) is 0 Å². The molecule has 0 unspecified atom stereocenters. The van der Waals surface area contributed by atoms with Crippen molar-refractivity contribution in [3.8, 4) is 0 Å². The summed E-state index contributed by atoms with van der Waals surface area (Å²) in [6.45, 7) is 0. The molecule has 0 aliphatic rings. The van der Waals surface area contributed by atoms with Crippen molar-refractivity contribution in [3.05, 3.63) is 33.9 Å². The summed E-state index contributed by atoms with van der Waals surface area (Å²) in [6, 6.07) is 5.88. The molecule has 0 aliphatic carbocycles. The molecule has 2 aromatic rings. The molecule has 3 heteroatoms. The molecule has 0 saturated carbocycles. The molecule has 0 spiro atoms. The normalized spacial score (nSPS) is 10.7. The van der Waals surface area contributed by atoms with Crippen molar-refractivity contribution in [2.24, 2.45) is 0 Å². The highest BCUT2D eigenvalue weighted by atomic mass is 79.9. The smallest absolute Gasteiger partial charge is 0.0835 e. The minimum absolute atomic E-state index is 0.640. The standard InChI is InChI=1S/C8H4BrClN/c9-5-1-2-8-6(3-5)7(10)4-11-8/h1-3,11H. The van der Waals surface area contributed by atoms with Crippen molar-refractivity contribution in [1.29, 1.82) is 0 Å². The number of halogens is 2. The van der Waals surface area contributed by atoms with Crippen molar-refractivity contribution in [2.75, 3.05) is 0 Å². The molecule has 0 amide bonds. The van der Waals surface area contributed by atoms with Crippen LogP contribution in [0, 0.1) is 6.20 Å². The highest BCUT2D eigenvalue weighted by Gasteiger charge is 2.00. The quantitative estimate of drug-likeness (QED) is 0.713. The van der Waals surface area contributed by atoms with Gasteiger partial charge in [-0.15, -0.1) is 0 Å². The summed E-state index contributed by atoms with van der Waals surface area (Å²) in [5.74, 6) is 0. The fourth-order valence-corrected chi connectivity index (χ4v) is 1.56. The van der Waals surface area contributed by atoms with Gasteiger partial charge in [0.25, 0.3) is 0 Å². The van der Waals surface area contributed by atoms with E-state index in [4.69, 9.17) is 11.6 Å². The third kappa shape index (κ3) is 1.17. The van der Waals surface area contributed by atoms with Gasteiger partial charge >= 0.3 is 0 Å². The Morgan fingerprint density at radius 2 is 2.27 bits per heavy atom. The first kappa shape index (κ1) is 7.19. The zero-order valence-corrected chi connectivity index (χ0v) is 7.83. The monoisotopic (exact) mass is 228 g/mol. The van der Waals surface area contributed by atoms with Crippen molar-refractivity contribution in [1.82, 2.24) is 4.98 Å². The lowest BCUT2D eigenvalue weighted by Gasteiger charge is -1.90. The van der Waals surface area contributed by atoms with Crippen molar-refractivity contribution in [3.63, 3.8) is 0 Å². The number of nitrogens with one attached hydrogen (secondary N) is 1. The van der Waals surface area contributed by atoms with E-state index in [0.29, 0.717) is 5.02 Å². The summed E-state index contributed by atoms with van der Waals surface area (Å²) in [4.78, 5) is 2.94. The van der Waals surface area contributed by atoms with Crippen LogP contribution in [-0.2, 0) is 0 Å². The topological polar surface area (TPSA) is 15.8 Å². The van der Waals surface area contributed by atoms with E-state index in [1.807, 2.05) is 18.2 Å². The van der Waals surface area contributed by atoms with Crippen LogP contribution in [0.15, 0.2) is 22.7 Å². The van der Waals surface area contributed by atoms with E-state index in [1.165, 1.54) is 0 Å². The lowest BCUT2D eigenvalue weighted by Crippen LogP contribution is -1.66. The van der Waals surface area contributed by atoms with E-state index >= 15 is 0 Å². The Balaban J connectivity index is 2.87.